The number of hydrogen-bond acceptors (Lipinski definition) is 5. The lowest BCUT2D eigenvalue weighted by Crippen LogP contribution is -2.10. The maximum absolute atomic E-state index is 13.2. The van der Waals surface area contributed by atoms with Crippen LogP contribution in [0.15, 0.2) is 40.9 Å². The van der Waals surface area contributed by atoms with E-state index in [1.807, 2.05) is 0 Å². The Balaban J connectivity index is 2.14. The van der Waals surface area contributed by atoms with E-state index in [4.69, 9.17) is 10.6 Å². The van der Waals surface area contributed by atoms with E-state index in [9.17, 15) is 14.5 Å². The quantitative estimate of drug-likeness (QED) is 0.487. The van der Waals surface area contributed by atoms with Crippen molar-refractivity contribution in [3.05, 3.63) is 62.4 Å². The molecule has 0 atom stereocenters. The molecule has 0 unspecified atom stereocenters. The zero-order chi connectivity index (χ0) is 15.4. The SMILES string of the molecule is NNc1cc(COc2cc(F)cc(Br)c2)ccc1[N+](=O)[O-]. The Bertz CT molecular complexity index is 661. The minimum absolute atomic E-state index is 0.128. The van der Waals surface area contributed by atoms with Crippen molar-refractivity contribution in [1.29, 1.82) is 0 Å². The number of hydrazine groups is 1. The molecule has 0 bridgehead atoms. The number of nitrogens with two attached hydrogens (primary N) is 1. The minimum Gasteiger partial charge on any atom is -0.489 e. The first-order valence-electron chi connectivity index (χ1n) is 5.82. The molecule has 0 spiro atoms. The molecular formula is C13H11BrFN3O3. The summed E-state index contributed by atoms with van der Waals surface area (Å²) in [4.78, 5) is 10.2. The molecule has 0 amide bonds. The molecule has 110 valence electrons. The third-order valence-corrected chi connectivity index (χ3v) is 3.11. The van der Waals surface area contributed by atoms with Gasteiger partial charge in [0.1, 0.15) is 23.9 Å². The maximum atomic E-state index is 13.2. The standard InChI is InChI=1S/C13H11BrFN3O3/c14-9-4-10(15)6-11(5-9)21-7-8-1-2-13(18(19)20)12(3-8)17-16/h1-6,17H,7,16H2. The normalized spacial score (nSPS) is 10.2. The number of benzene rings is 2. The summed E-state index contributed by atoms with van der Waals surface area (Å²) in [5, 5.41) is 10.8. The number of nitrogen functional groups attached to an aromatic ring is 1. The molecule has 0 aliphatic heterocycles. The zero-order valence-electron chi connectivity index (χ0n) is 10.7. The van der Waals surface area contributed by atoms with Crippen molar-refractivity contribution in [3.63, 3.8) is 0 Å². The Morgan fingerprint density at radius 3 is 2.71 bits per heavy atom. The molecule has 0 aliphatic carbocycles. The van der Waals surface area contributed by atoms with Gasteiger partial charge in [-0.2, -0.15) is 0 Å². The number of nitrogens with zero attached hydrogens (tertiary/aromatic N) is 1. The zero-order valence-corrected chi connectivity index (χ0v) is 12.3. The molecule has 0 aromatic heterocycles. The predicted octanol–water partition coefficient (Wildman–Crippen LogP) is 3.36. The molecule has 2 aromatic carbocycles. The lowest BCUT2D eigenvalue weighted by Gasteiger charge is -2.09. The fourth-order valence-corrected chi connectivity index (χ4v) is 2.17. The van der Waals surface area contributed by atoms with E-state index in [0.717, 1.165) is 0 Å². The fraction of sp³-hybridized carbons (Fsp3) is 0.0769. The van der Waals surface area contributed by atoms with Crippen LogP contribution in [0.4, 0.5) is 15.8 Å². The molecule has 0 fully saturated rings. The van der Waals surface area contributed by atoms with Gasteiger partial charge in [-0.15, -0.1) is 0 Å². The number of nitro groups is 1. The van der Waals surface area contributed by atoms with E-state index in [1.165, 1.54) is 24.3 Å². The van der Waals surface area contributed by atoms with Gasteiger partial charge >= 0.3 is 0 Å². The van der Waals surface area contributed by atoms with Crippen molar-refractivity contribution >= 4 is 27.3 Å². The highest BCUT2D eigenvalue weighted by molar-refractivity contribution is 9.10. The number of rotatable bonds is 5. The lowest BCUT2D eigenvalue weighted by atomic mass is 10.2. The van der Waals surface area contributed by atoms with Crippen molar-refractivity contribution in [2.45, 2.75) is 6.61 Å². The number of ether oxygens (including phenoxy) is 1. The second-order valence-electron chi connectivity index (χ2n) is 4.15. The predicted molar refractivity (Wildman–Crippen MR) is 79.3 cm³/mol. The highest BCUT2D eigenvalue weighted by Crippen LogP contribution is 2.26. The van der Waals surface area contributed by atoms with Gasteiger partial charge in [-0.1, -0.05) is 15.9 Å². The van der Waals surface area contributed by atoms with E-state index in [0.29, 0.717) is 15.8 Å². The number of halogens is 2. The monoisotopic (exact) mass is 355 g/mol. The van der Waals surface area contributed by atoms with Gasteiger partial charge in [-0.25, -0.2) is 4.39 Å². The molecule has 6 nitrogen and oxygen atoms in total. The number of nitro benzene ring substituents is 1. The topological polar surface area (TPSA) is 90.4 Å². The highest BCUT2D eigenvalue weighted by atomic mass is 79.9. The van der Waals surface area contributed by atoms with E-state index in [-0.39, 0.29) is 18.0 Å². The molecule has 3 N–H and O–H groups in total. The molecule has 0 radical (unpaired) electrons. The van der Waals surface area contributed by atoms with Crippen LogP contribution >= 0.6 is 15.9 Å². The van der Waals surface area contributed by atoms with Gasteiger partial charge in [-0.3, -0.25) is 16.0 Å². The van der Waals surface area contributed by atoms with Gasteiger partial charge < -0.3 is 10.2 Å². The third-order valence-electron chi connectivity index (χ3n) is 2.65. The van der Waals surface area contributed by atoms with Crippen molar-refractivity contribution < 1.29 is 14.1 Å². The van der Waals surface area contributed by atoms with Crippen LogP contribution in [0.5, 0.6) is 5.75 Å². The average Bonchev–Trinajstić information content (AvgIpc) is 2.43. The smallest absolute Gasteiger partial charge is 0.293 e. The molecule has 2 aromatic rings. The van der Waals surface area contributed by atoms with Gasteiger partial charge in [0.2, 0.25) is 0 Å². The van der Waals surface area contributed by atoms with Crippen LogP contribution in [-0.2, 0) is 6.61 Å². The summed E-state index contributed by atoms with van der Waals surface area (Å²) in [6.07, 6.45) is 0. The summed E-state index contributed by atoms with van der Waals surface area (Å²) >= 11 is 3.17. The van der Waals surface area contributed by atoms with Crippen molar-refractivity contribution in [2.75, 3.05) is 5.43 Å². The number of hydrogen-bond donors (Lipinski definition) is 2. The summed E-state index contributed by atoms with van der Waals surface area (Å²) in [7, 11) is 0. The van der Waals surface area contributed by atoms with Gasteiger partial charge in [0, 0.05) is 16.6 Å². The van der Waals surface area contributed by atoms with Crippen LogP contribution in [0.2, 0.25) is 0 Å². The minimum atomic E-state index is -0.538. The second kappa shape index (κ2) is 6.51. The van der Waals surface area contributed by atoms with Gasteiger partial charge in [-0.05, 0) is 29.8 Å². The van der Waals surface area contributed by atoms with Crippen LogP contribution in [0.3, 0.4) is 0 Å². The molecule has 0 saturated heterocycles. The summed E-state index contributed by atoms with van der Waals surface area (Å²) in [5.41, 5.74) is 2.98. The third kappa shape index (κ3) is 3.89. The van der Waals surface area contributed by atoms with E-state index < -0.39 is 10.7 Å². The maximum Gasteiger partial charge on any atom is 0.293 e. The molecule has 8 heteroatoms. The van der Waals surface area contributed by atoms with Crippen molar-refractivity contribution in [1.82, 2.24) is 0 Å². The summed E-state index contributed by atoms with van der Waals surface area (Å²) in [6.45, 7) is 0.128. The average molecular weight is 356 g/mol. The Morgan fingerprint density at radius 2 is 2.10 bits per heavy atom. The molecule has 0 aliphatic rings. The van der Waals surface area contributed by atoms with Crippen molar-refractivity contribution in [2.24, 2.45) is 5.84 Å². The first-order valence-corrected chi connectivity index (χ1v) is 6.61. The van der Waals surface area contributed by atoms with E-state index in [2.05, 4.69) is 21.4 Å². The Kier molecular flexibility index (Phi) is 4.71. The van der Waals surface area contributed by atoms with Crippen LogP contribution in [0.25, 0.3) is 0 Å². The molecular weight excluding hydrogens is 345 g/mol. The Labute approximate surface area is 128 Å². The fourth-order valence-electron chi connectivity index (χ4n) is 1.73. The van der Waals surface area contributed by atoms with Crippen LogP contribution in [0.1, 0.15) is 5.56 Å². The summed E-state index contributed by atoms with van der Waals surface area (Å²) < 4.78 is 19.2. The highest BCUT2D eigenvalue weighted by Gasteiger charge is 2.13. The van der Waals surface area contributed by atoms with Crippen LogP contribution in [0, 0.1) is 15.9 Å². The largest absolute Gasteiger partial charge is 0.489 e. The molecule has 2 rings (SSSR count). The van der Waals surface area contributed by atoms with Crippen LogP contribution in [-0.4, -0.2) is 4.92 Å². The Morgan fingerprint density at radius 1 is 1.33 bits per heavy atom. The number of anilines is 1. The first-order chi connectivity index (χ1) is 9.99. The van der Waals surface area contributed by atoms with Crippen LogP contribution < -0.4 is 16.0 Å². The molecule has 0 saturated carbocycles. The molecule has 0 heterocycles. The summed E-state index contributed by atoms with van der Waals surface area (Å²) in [5.74, 6) is 5.18. The van der Waals surface area contributed by atoms with E-state index >= 15 is 0 Å². The lowest BCUT2D eigenvalue weighted by molar-refractivity contribution is -0.384. The van der Waals surface area contributed by atoms with Gasteiger partial charge in [0.15, 0.2) is 0 Å². The molecule has 21 heavy (non-hydrogen) atoms. The van der Waals surface area contributed by atoms with Gasteiger partial charge in [0.05, 0.1) is 4.92 Å². The first kappa shape index (κ1) is 15.2. The number of nitrogens with one attached hydrogen (secondary N) is 1. The van der Waals surface area contributed by atoms with Gasteiger partial charge in [0.25, 0.3) is 5.69 Å². The second-order valence-corrected chi connectivity index (χ2v) is 5.06. The Hall–Kier alpha value is -2.19. The van der Waals surface area contributed by atoms with Crippen molar-refractivity contribution in [3.8, 4) is 5.75 Å². The van der Waals surface area contributed by atoms with E-state index in [1.54, 1.807) is 12.1 Å². The summed E-state index contributed by atoms with van der Waals surface area (Å²) in [6, 6.07) is 8.57.